The summed E-state index contributed by atoms with van der Waals surface area (Å²) in [6.45, 7) is 2.10. The largest absolute Gasteiger partial charge is 0.466 e. The molecule has 1 aromatic heterocycles. The number of hydrogen-bond acceptors (Lipinski definition) is 4. The molecule has 20 heavy (non-hydrogen) atoms. The van der Waals surface area contributed by atoms with E-state index in [1.165, 1.54) is 0 Å². The van der Waals surface area contributed by atoms with Crippen molar-refractivity contribution in [3.05, 3.63) is 42.1 Å². The van der Waals surface area contributed by atoms with E-state index in [9.17, 15) is 9.59 Å². The normalized spacial score (nSPS) is 10.4. The fourth-order valence-electron chi connectivity index (χ4n) is 2.09. The summed E-state index contributed by atoms with van der Waals surface area (Å²) in [5.74, 6) is -0.298. The smallest absolute Gasteiger partial charge is 0.306 e. The Kier molecular flexibility index (Phi) is 4.82. The SMILES string of the molecule is CCOC(=O)CCC(=O)Cc1cccc2cccnc12. The van der Waals surface area contributed by atoms with E-state index in [0.717, 1.165) is 16.5 Å². The summed E-state index contributed by atoms with van der Waals surface area (Å²) in [7, 11) is 0. The molecule has 0 amide bonds. The molecule has 4 nitrogen and oxygen atoms in total. The molecule has 0 bridgehead atoms. The Morgan fingerprint density at radius 1 is 1.15 bits per heavy atom. The second-order valence-electron chi connectivity index (χ2n) is 4.51. The first kappa shape index (κ1) is 14.2. The molecule has 0 unspecified atom stereocenters. The van der Waals surface area contributed by atoms with Crippen molar-refractivity contribution in [2.75, 3.05) is 6.61 Å². The molecule has 104 valence electrons. The fraction of sp³-hybridized carbons (Fsp3) is 0.312. The molecule has 0 spiro atoms. The number of aromatic nitrogens is 1. The number of carbonyl (C=O) groups is 2. The molecular weight excluding hydrogens is 254 g/mol. The maximum absolute atomic E-state index is 11.9. The summed E-state index contributed by atoms with van der Waals surface area (Å²) >= 11 is 0. The Labute approximate surface area is 117 Å². The average molecular weight is 271 g/mol. The molecule has 0 N–H and O–H groups in total. The van der Waals surface area contributed by atoms with Gasteiger partial charge in [0.25, 0.3) is 0 Å². The number of para-hydroxylation sites is 1. The Morgan fingerprint density at radius 2 is 1.95 bits per heavy atom. The lowest BCUT2D eigenvalue weighted by atomic mass is 10.0. The van der Waals surface area contributed by atoms with Crippen LogP contribution in [0.25, 0.3) is 10.9 Å². The minimum absolute atomic E-state index is 0.0243. The second kappa shape index (κ2) is 6.80. The van der Waals surface area contributed by atoms with Crippen molar-refractivity contribution in [1.82, 2.24) is 4.98 Å². The molecule has 0 saturated carbocycles. The van der Waals surface area contributed by atoms with Crippen LogP contribution in [0, 0.1) is 0 Å². The molecule has 1 aromatic carbocycles. The third-order valence-electron chi connectivity index (χ3n) is 3.02. The van der Waals surface area contributed by atoms with Gasteiger partial charge in [-0.05, 0) is 18.6 Å². The number of carbonyl (C=O) groups excluding carboxylic acids is 2. The highest BCUT2D eigenvalue weighted by atomic mass is 16.5. The molecule has 0 atom stereocenters. The lowest BCUT2D eigenvalue weighted by Crippen LogP contribution is -2.09. The Balaban J connectivity index is 2.01. The highest BCUT2D eigenvalue weighted by Gasteiger charge is 2.10. The Hall–Kier alpha value is -2.23. The molecular formula is C16H17NO3. The summed E-state index contributed by atoms with van der Waals surface area (Å²) in [6, 6.07) is 9.62. The van der Waals surface area contributed by atoms with Crippen LogP contribution in [0.1, 0.15) is 25.3 Å². The lowest BCUT2D eigenvalue weighted by molar-refractivity contribution is -0.144. The predicted octanol–water partition coefficient (Wildman–Crippen LogP) is 2.69. The van der Waals surface area contributed by atoms with Gasteiger partial charge in [0.1, 0.15) is 5.78 Å². The number of ether oxygens (including phenoxy) is 1. The van der Waals surface area contributed by atoms with Crippen LogP contribution in [0.5, 0.6) is 0 Å². The number of hydrogen-bond donors (Lipinski definition) is 0. The van der Waals surface area contributed by atoms with Crippen LogP contribution in [0.4, 0.5) is 0 Å². The zero-order chi connectivity index (χ0) is 14.4. The van der Waals surface area contributed by atoms with Crippen molar-refractivity contribution in [2.45, 2.75) is 26.2 Å². The molecule has 1 heterocycles. The molecule has 0 saturated heterocycles. The monoisotopic (exact) mass is 271 g/mol. The van der Waals surface area contributed by atoms with Crippen molar-refractivity contribution >= 4 is 22.7 Å². The minimum Gasteiger partial charge on any atom is -0.466 e. The van der Waals surface area contributed by atoms with Crippen molar-refractivity contribution in [3.8, 4) is 0 Å². The van der Waals surface area contributed by atoms with Crippen LogP contribution in [0.15, 0.2) is 36.5 Å². The van der Waals surface area contributed by atoms with Gasteiger partial charge >= 0.3 is 5.97 Å². The Bertz CT molecular complexity index is 617. The highest BCUT2D eigenvalue weighted by Crippen LogP contribution is 2.17. The summed E-state index contributed by atoms with van der Waals surface area (Å²) < 4.78 is 4.81. The number of rotatable bonds is 6. The van der Waals surface area contributed by atoms with Crippen molar-refractivity contribution in [1.29, 1.82) is 0 Å². The molecule has 0 aliphatic carbocycles. The number of Topliss-reactive ketones (excluding diaryl/α,β-unsaturated/α-hetero) is 1. The number of benzene rings is 1. The van der Waals surface area contributed by atoms with Gasteiger partial charge in [0, 0.05) is 24.4 Å². The summed E-state index contributed by atoms with van der Waals surface area (Å²) in [5.41, 5.74) is 1.75. The maximum atomic E-state index is 11.9. The summed E-state index contributed by atoms with van der Waals surface area (Å²) in [6.07, 6.45) is 2.37. The van der Waals surface area contributed by atoms with Crippen LogP contribution in [-0.2, 0) is 20.7 Å². The zero-order valence-corrected chi connectivity index (χ0v) is 11.5. The molecule has 4 heteroatoms. The molecule has 0 fully saturated rings. The standard InChI is InChI=1S/C16H17NO3/c1-2-20-15(19)9-8-14(18)11-13-6-3-5-12-7-4-10-17-16(12)13/h3-7,10H,2,8-9,11H2,1H3. The van der Waals surface area contributed by atoms with Crippen LogP contribution in [-0.4, -0.2) is 23.3 Å². The number of ketones is 1. The van der Waals surface area contributed by atoms with E-state index in [4.69, 9.17) is 4.74 Å². The minimum atomic E-state index is -0.322. The Morgan fingerprint density at radius 3 is 2.75 bits per heavy atom. The lowest BCUT2D eigenvalue weighted by Gasteiger charge is -2.05. The number of fused-ring (bicyclic) bond motifs is 1. The third kappa shape index (κ3) is 3.63. The van der Waals surface area contributed by atoms with Gasteiger partial charge in [-0.25, -0.2) is 0 Å². The van der Waals surface area contributed by atoms with E-state index in [2.05, 4.69) is 4.98 Å². The molecule has 0 aliphatic heterocycles. The van der Waals surface area contributed by atoms with Crippen molar-refractivity contribution in [3.63, 3.8) is 0 Å². The van der Waals surface area contributed by atoms with E-state index in [0.29, 0.717) is 13.0 Å². The average Bonchev–Trinajstić information content (AvgIpc) is 2.46. The van der Waals surface area contributed by atoms with Gasteiger partial charge in [-0.2, -0.15) is 0 Å². The molecule has 2 rings (SSSR count). The van der Waals surface area contributed by atoms with Gasteiger partial charge in [0.05, 0.1) is 18.5 Å². The van der Waals surface area contributed by atoms with E-state index >= 15 is 0 Å². The van der Waals surface area contributed by atoms with Crippen molar-refractivity contribution in [2.24, 2.45) is 0 Å². The van der Waals surface area contributed by atoms with E-state index in [1.807, 2.05) is 30.3 Å². The van der Waals surface area contributed by atoms with Crippen LogP contribution < -0.4 is 0 Å². The quantitative estimate of drug-likeness (QED) is 0.758. The van der Waals surface area contributed by atoms with Crippen LogP contribution in [0.2, 0.25) is 0 Å². The van der Waals surface area contributed by atoms with Gasteiger partial charge in [-0.15, -0.1) is 0 Å². The van der Waals surface area contributed by atoms with Gasteiger partial charge < -0.3 is 4.74 Å². The molecule has 2 aromatic rings. The first-order chi connectivity index (χ1) is 9.70. The fourth-order valence-corrected chi connectivity index (χ4v) is 2.09. The number of pyridine rings is 1. The van der Waals surface area contributed by atoms with Crippen molar-refractivity contribution < 1.29 is 14.3 Å². The summed E-state index contributed by atoms with van der Waals surface area (Å²) in [4.78, 5) is 27.5. The van der Waals surface area contributed by atoms with E-state index in [1.54, 1.807) is 13.1 Å². The van der Waals surface area contributed by atoms with Gasteiger partial charge in [-0.3, -0.25) is 14.6 Å². The first-order valence-electron chi connectivity index (χ1n) is 6.70. The maximum Gasteiger partial charge on any atom is 0.306 e. The van der Waals surface area contributed by atoms with Gasteiger partial charge in [-0.1, -0.05) is 24.3 Å². The van der Waals surface area contributed by atoms with Crippen LogP contribution >= 0.6 is 0 Å². The zero-order valence-electron chi connectivity index (χ0n) is 11.5. The highest BCUT2D eigenvalue weighted by molar-refractivity contribution is 5.89. The summed E-state index contributed by atoms with van der Waals surface area (Å²) in [5, 5.41) is 1.02. The number of esters is 1. The number of nitrogens with zero attached hydrogens (tertiary/aromatic N) is 1. The van der Waals surface area contributed by atoms with Crippen LogP contribution in [0.3, 0.4) is 0 Å². The molecule has 0 radical (unpaired) electrons. The second-order valence-corrected chi connectivity index (χ2v) is 4.51. The van der Waals surface area contributed by atoms with E-state index in [-0.39, 0.29) is 24.6 Å². The first-order valence-corrected chi connectivity index (χ1v) is 6.70. The predicted molar refractivity (Wildman–Crippen MR) is 76.3 cm³/mol. The third-order valence-corrected chi connectivity index (χ3v) is 3.02. The van der Waals surface area contributed by atoms with Gasteiger partial charge in [0.2, 0.25) is 0 Å². The topological polar surface area (TPSA) is 56.3 Å². The molecule has 0 aliphatic rings. The van der Waals surface area contributed by atoms with E-state index < -0.39 is 0 Å². The van der Waals surface area contributed by atoms with Gasteiger partial charge in [0.15, 0.2) is 0 Å².